The van der Waals surface area contributed by atoms with E-state index >= 15 is 0 Å². The van der Waals surface area contributed by atoms with Crippen LogP contribution in [-0.4, -0.2) is 57.0 Å². The highest BCUT2D eigenvalue weighted by Crippen LogP contribution is 2.30. The number of likely N-dealkylation sites (tertiary alicyclic amines) is 1. The van der Waals surface area contributed by atoms with Crippen LogP contribution < -0.4 is 5.32 Å². The van der Waals surface area contributed by atoms with Crippen molar-refractivity contribution in [3.05, 3.63) is 77.5 Å². The maximum atomic E-state index is 14.7. The fourth-order valence-electron chi connectivity index (χ4n) is 4.62. The van der Waals surface area contributed by atoms with Crippen molar-refractivity contribution in [3.8, 4) is 11.3 Å². The molecule has 196 valence electrons. The standard InChI is InChI=1S/C27H26F2N6O3/c1-16(17-6-4-3-5-7-17)38-27(37)34-12-10-18(11-13-34)35-23-15-31-21(14-22(23)32-33-35)19-8-9-20(26(36)30-2)25(29)24(19)28/h3-9,14-16,18H,10-13H2,1-2H3,(H,30,36)/t16-/m0/s1. The first kappa shape index (κ1) is 25.2. The lowest BCUT2D eigenvalue weighted by atomic mass is 10.0. The van der Waals surface area contributed by atoms with Crippen molar-refractivity contribution < 1.29 is 23.1 Å². The van der Waals surface area contributed by atoms with Crippen LogP contribution in [0.5, 0.6) is 0 Å². The SMILES string of the molecule is CNC(=O)c1ccc(-c2cc3nnn(C4CCN(C(=O)O[C@@H](C)c5ccccc5)CC4)c3cn2)c(F)c1F. The smallest absolute Gasteiger partial charge is 0.410 e. The van der Waals surface area contributed by atoms with Gasteiger partial charge < -0.3 is 15.0 Å². The first-order chi connectivity index (χ1) is 18.4. The summed E-state index contributed by atoms with van der Waals surface area (Å²) in [5.41, 5.74) is 1.77. The first-order valence-electron chi connectivity index (χ1n) is 12.3. The van der Waals surface area contributed by atoms with Crippen molar-refractivity contribution in [3.63, 3.8) is 0 Å². The van der Waals surface area contributed by atoms with Crippen molar-refractivity contribution in [2.45, 2.75) is 31.9 Å². The van der Waals surface area contributed by atoms with Crippen LogP contribution in [0.25, 0.3) is 22.3 Å². The van der Waals surface area contributed by atoms with Crippen LogP contribution in [-0.2, 0) is 4.74 Å². The summed E-state index contributed by atoms with van der Waals surface area (Å²) >= 11 is 0. The normalized spacial score (nSPS) is 14.9. The van der Waals surface area contributed by atoms with Gasteiger partial charge in [0.15, 0.2) is 11.6 Å². The van der Waals surface area contributed by atoms with E-state index in [1.807, 2.05) is 37.3 Å². The number of benzene rings is 2. The highest BCUT2D eigenvalue weighted by molar-refractivity contribution is 5.95. The van der Waals surface area contributed by atoms with E-state index in [0.717, 1.165) is 5.56 Å². The molecule has 1 atom stereocenters. The second-order valence-electron chi connectivity index (χ2n) is 9.11. The number of rotatable bonds is 5. The van der Waals surface area contributed by atoms with Gasteiger partial charge in [-0.25, -0.2) is 18.3 Å². The summed E-state index contributed by atoms with van der Waals surface area (Å²) in [6.07, 6.45) is 2.12. The summed E-state index contributed by atoms with van der Waals surface area (Å²) in [5.74, 6) is -3.12. The van der Waals surface area contributed by atoms with Crippen molar-refractivity contribution in [2.24, 2.45) is 0 Å². The van der Waals surface area contributed by atoms with E-state index in [0.29, 0.717) is 37.0 Å². The number of piperidine rings is 1. The summed E-state index contributed by atoms with van der Waals surface area (Å²) in [5, 5.41) is 10.8. The number of carbonyl (C=O) groups excluding carboxylic acids is 2. The lowest BCUT2D eigenvalue weighted by molar-refractivity contribution is 0.0590. The van der Waals surface area contributed by atoms with Gasteiger partial charge in [0.25, 0.3) is 5.91 Å². The van der Waals surface area contributed by atoms with E-state index in [-0.39, 0.29) is 35.1 Å². The van der Waals surface area contributed by atoms with Gasteiger partial charge >= 0.3 is 6.09 Å². The second-order valence-corrected chi connectivity index (χ2v) is 9.11. The molecule has 2 aromatic heterocycles. The Hall–Kier alpha value is -4.41. The van der Waals surface area contributed by atoms with Gasteiger partial charge in [0, 0.05) is 25.7 Å². The van der Waals surface area contributed by atoms with E-state index < -0.39 is 17.5 Å². The zero-order chi connectivity index (χ0) is 26.8. The molecular formula is C27H26F2N6O3. The van der Waals surface area contributed by atoms with Gasteiger partial charge in [0.05, 0.1) is 23.5 Å². The summed E-state index contributed by atoms with van der Waals surface area (Å²) in [7, 11) is 1.34. The number of hydrogen-bond donors (Lipinski definition) is 1. The minimum Gasteiger partial charge on any atom is -0.442 e. The molecule has 5 rings (SSSR count). The molecule has 1 aliphatic rings. The zero-order valence-corrected chi connectivity index (χ0v) is 20.9. The lowest BCUT2D eigenvalue weighted by Gasteiger charge is -2.32. The third-order valence-corrected chi connectivity index (χ3v) is 6.80. The summed E-state index contributed by atoms with van der Waals surface area (Å²) < 4.78 is 36.6. The number of fused-ring (bicyclic) bond motifs is 1. The predicted molar refractivity (Wildman–Crippen MR) is 135 cm³/mol. The molecule has 4 aromatic rings. The number of nitrogens with one attached hydrogen (secondary N) is 1. The topological polar surface area (TPSA) is 102 Å². The number of pyridine rings is 1. The largest absolute Gasteiger partial charge is 0.442 e. The maximum Gasteiger partial charge on any atom is 0.410 e. The molecule has 11 heteroatoms. The molecule has 0 saturated carbocycles. The molecule has 9 nitrogen and oxygen atoms in total. The third kappa shape index (κ3) is 4.79. The molecular weight excluding hydrogens is 494 g/mol. The molecule has 2 aromatic carbocycles. The Bertz CT molecular complexity index is 1490. The van der Waals surface area contributed by atoms with Crippen molar-refractivity contribution in [2.75, 3.05) is 20.1 Å². The molecule has 1 fully saturated rings. The van der Waals surface area contributed by atoms with Gasteiger partial charge in [-0.1, -0.05) is 35.5 Å². The average Bonchev–Trinajstić information content (AvgIpc) is 3.38. The molecule has 0 aliphatic carbocycles. The second kappa shape index (κ2) is 10.5. The number of carbonyl (C=O) groups is 2. The monoisotopic (exact) mass is 520 g/mol. The Morgan fingerprint density at radius 2 is 1.82 bits per heavy atom. The highest BCUT2D eigenvalue weighted by atomic mass is 19.2. The van der Waals surface area contributed by atoms with E-state index in [1.54, 1.807) is 9.58 Å². The summed E-state index contributed by atoms with van der Waals surface area (Å²) in [6, 6.07) is 13.6. The minimum atomic E-state index is -1.24. The molecule has 38 heavy (non-hydrogen) atoms. The third-order valence-electron chi connectivity index (χ3n) is 6.80. The molecule has 0 unspecified atom stereocenters. The molecule has 1 saturated heterocycles. The predicted octanol–water partition coefficient (Wildman–Crippen LogP) is 4.67. The number of aromatic nitrogens is 4. The Kier molecular flexibility index (Phi) is 6.99. The van der Waals surface area contributed by atoms with Gasteiger partial charge in [-0.2, -0.15) is 0 Å². The van der Waals surface area contributed by atoms with Gasteiger partial charge in [-0.05, 0) is 43.5 Å². The van der Waals surface area contributed by atoms with E-state index in [2.05, 4.69) is 20.6 Å². The number of amides is 2. The van der Waals surface area contributed by atoms with Crippen LogP contribution in [0.4, 0.5) is 13.6 Å². The number of nitrogens with zero attached hydrogens (tertiary/aromatic N) is 5. The maximum absolute atomic E-state index is 14.7. The summed E-state index contributed by atoms with van der Waals surface area (Å²) in [4.78, 5) is 30.4. The molecule has 0 spiro atoms. The van der Waals surface area contributed by atoms with E-state index in [1.165, 1.54) is 31.4 Å². The molecule has 1 aliphatic heterocycles. The molecule has 2 amide bonds. The minimum absolute atomic E-state index is 0.00994. The van der Waals surface area contributed by atoms with Crippen molar-refractivity contribution in [1.29, 1.82) is 0 Å². The quantitative estimate of drug-likeness (QED) is 0.411. The van der Waals surface area contributed by atoms with Crippen molar-refractivity contribution in [1.82, 2.24) is 30.2 Å². The number of hydrogen-bond acceptors (Lipinski definition) is 6. The lowest BCUT2D eigenvalue weighted by Crippen LogP contribution is -2.39. The zero-order valence-electron chi connectivity index (χ0n) is 20.9. The van der Waals surface area contributed by atoms with Gasteiger partial charge in [0.1, 0.15) is 17.1 Å². The van der Waals surface area contributed by atoms with Gasteiger partial charge in [-0.3, -0.25) is 9.78 Å². The van der Waals surface area contributed by atoms with Crippen LogP contribution in [0.15, 0.2) is 54.7 Å². The van der Waals surface area contributed by atoms with E-state index in [9.17, 15) is 18.4 Å². The van der Waals surface area contributed by atoms with Crippen LogP contribution in [0.1, 0.15) is 47.8 Å². The fourth-order valence-corrected chi connectivity index (χ4v) is 4.62. The Labute approximate surface area is 217 Å². The molecule has 3 heterocycles. The highest BCUT2D eigenvalue weighted by Gasteiger charge is 2.28. The van der Waals surface area contributed by atoms with Crippen LogP contribution in [0.2, 0.25) is 0 Å². The Morgan fingerprint density at radius 3 is 2.53 bits per heavy atom. The Morgan fingerprint density at radius 1 is 1.08 bits per heavy atom. The Balaban J connectivity index is 1.27. The summed E-state index contributed by atoms with van der Waals surface area (Å²) in [6.45, 7) is 2.85. The van der Waals surface area contributed by atoms with Crippen LogP contribution >= 0.6 is 0 Å². The van der Waals surface area contributed by atoms with Gasteiger partial charge in [0.2, 0.25) is 0 Å². The molecule has 1 N–H and O–H groups in total. The molecule has 0 bridgehead atoms. The van der Waals surface area contributed by atoms with Crippen molar-refractivity contribution >= 4 is 23.0 Å². The molecule has 0 radical (unpaired) electrons. The fraction of sp³-hybridized carbons (Fsp3) is 0.296. The van der Waals surface area contributed by atoms with Gasteiger partial charge in [-0.15, -0.1) is 5.10 Å². The average molecular weight is 521 g/mol. The first-order valence-corrected chi connectivity index (χ1v) is 12.3. The van der Waals surface area contributed by atoms with Crippen LogP contribution in [0, 0.1) is 11.6 Å². The van der Waals surface area contributed by atoms with Crippen LogP contribution in [0.3, 0.4) is 0 Å². The number of ether oxygens (including phenoxy) is 1. The number of halogens is 2. The van der Waals surface area contributed by atoms with E-state index in [4.69, 9.17) is 4.74 Å².